The number of imidazole rings is 2. The average Bonchev–Trinajstić information content (AvgIpc) is 4.04. The van der Waals surface area contributed by atoms with Crippen LogP contribution in [-0.4, -0.2) is 92.1 Å². The number of aromatic nitrogens is 4. The Hall–Kier alpha value is -6.19. The number of carbonyl (C=O) groups excluding carboxylic acids is 4. The molecule has 3 aromatic carbocycles. The highest BCUT2D eigenvalue weighted by Crippen LogP contribution is 2.44. The number of nitrogens with one attached hydrogen (secondary N) is 4. The number of fused-ring (bicyclic) bond motifs is 6. The van der Waals surface area contributed by atoms with Crippen LogP contribution in [0.25, 0.3) is 44.2 Å². The number of amides is 4. The van der Waals surface area contributed by atoms with Gasteiger partial charge in [-0.2, -0.15) is 4.39 Å². The molecule has 5 heterocycles. The normalized spacial score (nSPS) is 20.8. The minimum absolute atomic E-state index is 0.0483. The maximum absolute atomic E-state index is 15.8. The lowest BCUT2D eigenvalue weighted by atomic mass is 9.85. The summed E-state index contributed by atoms with van der Waals surface area (Å²) in [6.45, 7) is 13.6. The Morgan fingerprint density at radius 1 is 0.823 bits per heavy atom. The number of benzene rings is 3. The summed E-state index contributed by atoms with van der Waals surface area (Å²) in [5.74, 6) is 0.449. The van der Waals surface area contributed by atoms with Crippen molar-refractivity contribution in [2.75, 3.05) is 14.2 Å². The number of likely N-dealkylation sites (tertiary alicyclic amines) is 2. The van der Waals surface area contributed by atoms with E-state index in [1.54, 1.807) is 4.90 Å². The van der Waals surface area contributed by atoms with Gasteiger partial charge in [0, 0.05) is 28.6 Å². The van der Waals surface area contributed by atoms with Gasteiger partial charge in [0.05, 0.1) is 37.3 Å². The number of aromatic amines is 2. The molecule has 0 aliphatic carbocycles. The molecule has 328 valence electrons. The molecule has 3 aliphatic heterocycles. The fourth-order valence-electron chi connectivity index (χ4n) is 9.43. The summed E-state index contributed by atoms with van der Waals surface area (Å²) in [7, 11) is 2.54. The highest BCUT2D eigenvalue weighted by Gasteiger charge is 2.45. The van der Waals surface area contributed by atoms with Gasteiger partial charge >= 0.3 is 12.2 Å². The zero-order valence-corrected chi connectivity index (χ0v) is 36.6. The molecular formula is C46H55FN8O7. The Morgan fingerprint density at radius 3 is 2.11 bits per heavy atom. The topological polar surface area (TPSA) is 184 Å². The number of hydrogen-bond acceptors (Lipinski definition) is 9. The summed E-state index contributed by atoms with van der Waals surface area (Å²) in [4.78, 5) is 72.0. The monoisotopic (exact) mass is 850 g/mol. The minimum atomic E-state index is -0.869. The fourth-order valence-corrected chi connectivity index (χ4v) is 9.43. The van der Waals surface area contributed by atoms with Crippen molar-refractivity contribution < 1.29 is 37.8 Å². The van der Waals surface area contributed by atoms with E-state index in [9.17, 15) is 19.2 Å². The number of ether oxygens (including phenoxy) is 3. The molecule has 5 aromatic rings. The van der Waals surface area contributed by atoms with Gasteiger partial charge < -0.3 is 44.6 Å². The Morgan fingerprint density at radius 2 is 1.47 bits per heavy atom. The summed E-state index contributed by atoms with van der Waals surface area (Å²) in [6.07, 6.45) is 1.44. The molecule has 4 N–H and O–H groups in total. The molecule has 15 nitrogen and oxygen atoms in total. The molecule has 6 atom stereocenters. The van der Waals surface area contributed by atoms with Crippen LogP contribution >= 0.6 is 0 Å². The van der Waals surface area contributed by atoms with Crippen molar-refractivity contribution >= 4 is 45.8 Å². The van der Waals surface area contributed by atoms with Gasteiger partial charge in [0.25, 0.3) is 0 Å². The lowest BCUT2D eigenvalue weighted by Gasteiger charge is -2.36. The fraction of sp³-hybridized carbons (Fsp3) is 0.478. The van der Waals surface area contributed by atoms with Crippen LogP contribution in [0.5, 0.6) is 5.75 Å². The second-order valence-electron chi connectivity index (χ2n) is 18.3. The average molecular weight is 851 g/mol. The number of nitrogens with zero attached hydrogens (tertiary/aromatic N) is 4. The van der Waals surface area contributed by atoms with E-state index >= 15 is 4.39 Å². The van der Waals surface area contributed by atoms with Crippen LogP contribution in [-0.2, 0) is 25.7 Å². The van der Waals surface area contributed by atoms with E-state index < -0.39 is 41.7 Å². The summed E-state index contributed by atoms with van der Waals surface area (Å²) >= 11 is 0. The SMILES string of the molecule is COC(=O)N[C@H](C(=O)N1[C@@H](C)CC[C@H]1c1nc2ccc3cc4c(cc3c2[nH]1)OCc1cc(-c2[nH]c([C@@H]3CC[C@H](C)N3C(=O)[C@@H](NC(=O)OC)C(C)(C)C)nc2F)ccc1-4)C(C)C. The molecule has 62 heavy (non-hydrogen) atoms. The Balaban J connectivity index is 1.06. The smallest absolute Gasteiger partial charge is 0.407 e. The van der Waals surface area contributed by atoms with E-state index in [0.29, 0.717) is 35.8 Å². The van der Waals surface area contributed by atoms with Gasteiger partial charge in [0.2, 0.25) is 17.8 Å². The molecular weight excluding hydrogens is 796 g/mol. The maximum Gasteiger partial charge on any atom is 0.407 e. The summed E-state index contributed by atoms with van der Waals surface area (Å²) in [6, 6.07) is 11.2. The number of halogens is 1. The zero-order valence-electron chi connectivity index (χ0n) is 36.6. The second-order valence-corrected chi connectivity index (χ2v) is 18.3. The molecule has 4 amide bonds. The quantitative estimate of drug-likeness (QED) is 0.120. The van der Waals surface area contributed by atoms with Crippen molar-refractivity contribution in [1.29, 1.82) is 0 Å². The molecule has 2 fully saturated rings. The van der Waals surface area contributed by atoms with Crippen LogP contribution in [0.2, 0.25) is 0 Å². The van der Waals surface area contributed by atoms with E-state index in [-0.39, 0.29) is 48.2 Å². The molecule has 8 rings (SSSR count). The number of alkyl carbamates (subject to hydrolysis) is 2. The van der Waals surface area contributed by atoms with E-state index in [0.717, 1.165) is 51.3 Å². The van der Waals surface area contributed by atoms with Crippen LogP contribution in [0.4, 0.5) is 14.0 Å². The molecule has 2 aromatic heterocycles. The Bertz CT molecular complexity index is 2580. The van der Waals surface area contributed by atoms with Gasteiger partial charge in [-0.05, 0) is 91.6 Å². The first-order valence-corrected chi connectivity index (χ1v) is 21.3. The van der Waals surface area contributed by atoms with E-state index in [4.69, 9.17) is 19.2 Å². The maximum atomic E-state index is 15.8. The molecule has 16 heteroatoms. The first-order chi connectivity index (χ1) is 29.5. The van der Waals surface area contributed by atoms with Crippen molar-refractivity contribution in [3.8, 4) is 28.1 Å². The van der Waals surface area contributed by atoms with Crippen LogP contribution in [0.1, 0.15) is 103 Å². The van der Waals surface area contributed by atoms with Crippen molar-refractivity contribution in [3.63, 3.8) is 0 Å². The van der Waals surface area contributed by atoms with Crippen molar-refractivity contribution in [3.05, 3.63) is 65.6 Å². The van der Waals surface area contributed by atoms with Crippen molar-refractivity contribution in [1.82, 2.24) is 40.4 Å². The first kappa shape index (κ1) is 42.5. The standard InChI is InChI=1S/C46H55FN8O7/c1-22(2)35(51-44(58)60-8)42(56)54-23(3)10-16-32(54)40-48-31-15-13-25-19-30-28-14-12-26(18-27(28)21-62-34(30)20-29(25)37(31)50-40)36-39(47)53-41(49-36)33-17-11-24(4)55(33)43(57)38(46(5,6)7)52-45(59)61-9/h12-15,18-20,22-24,32-33,35,38H,10-11,16-17,21H2,1-9H3,(H,48,50)(H,49,53)(H,51,58)(H,52,59)/t23-,24-,32-,33-,35-,38+/m0/s1. The van der Waals surface area contributed by atoms with Gasteiger partial charge in [-0.1, -0.05) is 52.8 Å². The summed E-state index contributed by atoms with van der Waals surface area (Å²) in [5.41, 5.74) is 4.53. The van der Waals surface area contributed by atoms with Gasteiger partial charge in [-0.25, -0.2) is 19.6 Å². The predicted molar refractivity (Wildman–Crippen MR) is 230 cm³/mol. The van der Waals surface area contributed by atoms with Gasteiger partial charge in [-0.3, -0.25) is 9.59 Å². The van der Waals surface area contributed by atoms with Crippen molar-refractivity contribution in [2.45, 2.75) is 117 Å². The third-order valence-electron chi connectivity index (χ3n) is 12.8. The number of H-pyrrole nitrogens is 2. The summed E-state index contributed by atoms with van der Waals surface area (Å²) < 4.78 is 31.8. The third kappa shape index (κ3) is 7.57. The Labute approximate surface area is 359 Å². The molecule has 2 saturated heterocycles. The number of carbonyl (C=O) groups is 4. The molecule has 0 spiro atoms. The Kier molecular flexibility index (Phi) is 11.1. The van der Waals surface area contributed by atoms with Crippen LogP contribution < -0.4 is 15.4 Å². The lowest BCUT2D eigenvalue weighted by Crippen LogP contribution is -2.55. The molecule has 0 saturated carbocycles. The molecule has 0 radical (unpaired) electrons. The largest absolute Gasteiger partial charge is 0.488 e. The minimum Gasteiger partial charge on any atom is -0.488 e. The highest BCUT2D eigenvalue weighted by atomic mass is 19.1. The predicted octanol–water partition coefficient (Wildman–Crippen LogP) is 8.06. The van der Waals surface area contributed by atoms with Crippen LogP contribution in [0.3, 0.4) is 0 Å². The molecule has 0 bridgehead atoms. The van der Waals surface area contributed by atoms with E-state index in [1.807, 2.05) is 89.8 Å². The van der Waals surface area contributed by atoms with E-state index in [1.165, 1.54) is 14.2 Å². The first-order valence-electron chi connectivity index (χ1n) is 21.3. The second kappa shape index (κ2) is 16.3. The van der Waals surface area contributed by atoms with Gasteiger partial charge in [0.15, 0.2) is 0 Å². The highest BCUT2D eigenvalue weighted by molar-refractivity contribution is 6.07. The lowest BCUT2D eigenvalue weighted by molar-refractivity contribution is -0.139. The van der Waals surface area contributed by atoms with Gasteiger partial charge in [0.1, 0.15) is 41.8 Å². The van der Waals surface area contributed by atoms with E-state index in [2.05, 4.69) is 31.7 Å². The molecule has 3 aliphatic rings. The van der Waals surface area contributed by atoms with Gasteiger partial charge in [-0.15, -0.1) is 0 Å². The number of methoxy groups -OCH3 is 2. The molecule has 0 unspecified atom stereocenters. The van der Waals surface area contributed by atoms with Crippen LogP contribution in [0, 0.1) is 17.3 Å². The number of hydrogen-bond donors (Lipinski definition) is 4. The van der Waals surface area contributed by atoms with Crippen LogP contribution in [0.15, 0.2) is 42.5 Å². The number of rotatable bonds is 8. The third-order valence-corrected chi connectivity index (χ3v) is 12.8. The van der Waals surface area contributed by atoms with Crippen molar-refractivity contribution in [2.24, 2.45) is 11.3 Å². The zero-order chi connectivity index (χ0) is 44.4. The summed E-state index contributed by atoms with van der Waals surface area (Å²) in [5, 5.41) is 7.31.